The number of rotatable bonds is 2. The van der Waals surface area contributed by atoms with Crippen LogP contribution in [0.25, 0.3) is 5.69 Å². The summed E-state index contributed by atoms with van der Waals surface area (Å²) in [4.78, 5) is 11.8. The van der Waals surface area contributed by atoms with Gasteiger partial charge in [-0.1, -0.05) is 0 Å². The van der Waals surface area contributed by atoms with Crippen LogP contribution in [-0.2, 0) is 0 Å². The van der Waals surface area contributed by atoms with E-state index in [0.717, 1.165) is 0 Å². The lowest BCUT2D eigenvalue weighted by Gasteiger charge is -2.01. The average molecular weight is 189 g/mol. The summed E-state index contributed by atoms with van der Waals surface area (Å²) in [5.41, 5.74) is 0.860. The second kappa shape index (κ2) is 3.29. The predicted molar refractivity (Wildman–Crippen MR) is 48.4 cm³/mol. The molecule has 0 fully saturated rings. The van der Waals surface area contributed by atoms with E-state index >= 15 is 0 Å². The lowest BCUT2D eigenvalue weighted by Crippen LogP contribution is -1.98. The molecule has 0 aliphatic carbocycles. The first-order valence-corrected chi connectivity index (χ1v) is 3.96. The summed E-state index contributed by atoms with van der Waals surface area (Å²) in [6, 6.07) is 4.61. The maximum Gasteiger partial charge on any atom is 0.153 e. The molecule has 1 heterocycles. The van der Waals surface area contributed by atoms with Gasteiger partial charge in [-0.05, 0) is 12.1 Å². The molecule has 0 atom stereocenters. The second-order valence-corrected chi connectivity index (χ2v) is 2.68. The topological polar surface area (TPSA) is 68.0 Å². The molecule has 0 bridgehead atoms. The maximum absolute atomic E-state index is 10.4. The van der Waals surface area contributed by atoms with Crippen LogP contribution in [0.4, 0.5) is 0 Å². The molecule has 5 nitrogen and oxygen atoms in total. The normalized spacial score (nSPS) is 10.0. The van der Waals surface area contributed by atoms with Crippen molar-refractivity contribution in [2.75, 3.05) is 0 Å². The Hall–Kier alpha value is -2.17. The van der Waals surface area contributed by atoms with Crippen LogP contribution in [0.1, 0.15) is 10.4 Å². The number of benzene rings is 1. The van der Waals surface area contributed by atoms with Crippen molar-refractivity contribution in [1.82, 2.24) is 15.0 Å². The molecule has 1 N–H and O–H groups in total. The Balaban J connectivity index is 2.48. The van der Waals surface area contributed by atoms with Gasteiger partial charge in [-0.2, -0.15) is 15.0 Å². The number of carbonyl (C=O) groups excluding carboxylic acids is 1. The highest BCUT2D eigenvalue weighted by Gasteiger charge is 2.03. The minimum atomic E-state index is -0.0743. The van der Waals surface area contributed by atoms with Gasteiger partial charge in [0.1, 0.15) is 5.75 Å². The Bertz CT molecular complexity index is 451. The van der Waals surface area contributed by atoms with E-state index < -0.39 is 0 Å². The zero-order valence-electron chi connectivity index (χ0n) is 7.16. The Morgan fingerprint density at radius 2 is 2.00 bits per heavy atom. The van der Waals surface area contributed by atoms with Crippen LogP contribution in [0.3, 0.4) is 0 Å². The Morgan fingerprint density at radius 3 is 2.57 bits per heavy atom. The summed E-state index contributed by atoms with van der Waals surface area (Å²) >= 11 is 0. The molecule has 0 aliphatic rings. The molecular weight excluding hydrogens is 182 g/mol. The minimum absolute atomic E-state index is 0.0743. The highest BCUT2D eigenvalue weighted by Crippen LogP contribution is 2.18. The van der Waals surface area contributed by atoms with Crippen molar-refractivity contribution < 1.29 is 9.90 Å². The lowest BCUT2D eigenvalue weighted by atomic mass is 10.2. The molecule has 0 spiro atoms. The highest BCUT2D eigenvalue weighted by atomic mass is 16.3. The fourth-order valence-electron chi connectivity index (χ4n) is 1.11. The van der Waals surface area contributed by atoms with E-state index in [2.05, 4.69) is 10.2 Å². The molecule has 5 heteroatoms. The van der Waals surface area contributed by atoms with Gasteiger partial charge in [0.2, 0.25) is 0 Å². The van der Waals surface area contributed by atoms with Gasteiger partial charge in [0.05, 0.1) is 23.6 Å². The third-order valence-corrected chi connectivity index (χ3v) is 1.79. The fourth-order valence-corrected chi connectivity index (χ4v) is 1.11. The number of aldehydes is 1. The van der Waals surface area contributed by atoms with E-state index in [1.807, 2.05) is 0 Å². The van der Waals surface area contributed by atoms with E-state index in [-0.39, 0.29) is 11.3 Å². The van der Waals surface area contributed by atoms with Crippen LogP contribution in [0.15, 0.2) is 30.6 Å². The number of nitrogens with zero attached hydrogens (tertiary/aromatic N) is 3. The standard InChI is InChI=1S/C9H7N3O2/c13-6-7-1-2-8(5-9(7)14)12-10-3-4-11-12/h1-6,14H. The van der Waals surface area contributed by atoms with Gasteiger partial charge in [0.15, 0.2) is 6.29 Å². The molecule has 1 aromatic carbocycles. The van der Waals surface area contributed by atoms with Crippen molar-refractivity contribution in [1.29, 1.82) is 0 Å². The number of carbonyl (C=O) groups is 1. The largest absolute Gasteiger partial charge is 0.507 e. The van der Waals surface area contributed by atoms with Gasteiger partial charge in [0, 0.05) is 6.07 Å². The summed E-state index contributed by atoms with van der Waals surface area (Å²) in [5.74, 6) is -0.0743. The molecule has 14 heavy (non-hydrogen) atoms. The monoisotopic (exact) mass is 189 g/mol. The molecule has 0 aliphatic heterocycles. The zero-order valence-corrected chi connectivity index (χ0v) is 7.16. The maximum atomic E-state index is 10.4. The van der Waals surface area contributed by atoms with E-state index in [4.69, 9.17) is 0 Å². The number of phenolic OH excluding ortho intramolecular Hbond substituents is 1. The summed E-state index contributed by atoms with van der Waals surface area (Å²) in [5, 5.41) is 17.2. The SMILES string of the molecule is O=Cc1ccc(-n2nccn2)cc1O. The molecule has 2 rings (SSSR count). The smallest absolute Gasteiger partial charge is 0.153 e. The quantitative estimate of drug-likeness (QED) is 0.709. The molecule has 1 aromatic heterocycles. The van der Waals surface area contributed by atoms with E-state index in [9.17, 15) is 9.90 Å². The minimum Gasteiger partial charge on any atom is -0.507 e. The molecule has 0 unspecified atom stereocenters. The number of phenols is 1. The Kier molecular flexibility index (Phi) is 1.98. The summed E-state index contributed by atoms with van der Waals surface area (Å²) < 4.78 is 0. The van der Waals surface area contributed by atoms with Crippen molar-refractivity contribution in [3.63, 3.8) is 0 Å². The first kappa shape index (κ1) is 8.43. The summed E-state index contributed by atoms with van der Waals surface area (Å²) in [6.45, 7) is 0. The van der Waals surface area contributed by atoms with Crippen LogP contribution < -0.4 is 0 Å². The average Bonchev–Trinajstić information content (AvgIpc) is 2.70. The van der Waals surface area contributed by atoms with E-state index in [0.29, 0.717) is 12.0 Å². The molecule has 0 saturated carbocycles. The van der Waals surface area contributed by atoms with Crippen LogP contribution in [0.2, 0.25) is 0 Å². The van der Waals surface area contributed by atoms with Crippen molar-refractivity contribution >= 4 is 6.29 Å². The van der Waals surface area contributed by atoms with Crippen molar-refractivity contribution in [3.8, 4) is 11.4 Å². The van der Waals surface area contributed by atoms with Gasteiger partial charge >= 0.3 is 0 Å². The Morgan fingerprint density at radius 1 is 1.29 bits per heavy atom. The predicted octanol–water partition coefficient (Wildman–Crippen LogP) is 0.785. The number of aromatic hydroxyl groups is 1. The third kappa shape index (κ3) is 1.35. The summed E-state index contributed by atoms with van der Waals surface area (Å²) in [7, 11) is 0. The Labute approximate surface area is 79.6 Å². The van der Waals surface area contributed by atoms with Crippen LogP contribution in [0, 0.1) is 0 Å². The first-order chi connectivity index (χ1) is 6.81. The number of hydrogen-bond donors (Lipinski definition) is 1. The second-order valence-electron chi connectivity index (χ2n) is 2.68. The summed E-state index contributed by atoms with van der Waals surface area (Å²) in [6.07, 6.45) is 3.66. The number of hydrogen-bond acceptors (Lipinski definition) is 4. The molecular formula is C9H7N3O2. The van der Waals surface area contributed by atoms with Crippen LogP contribution in [0.5, 0.6) is 5.75 Å². The highest BCUT2D eigenvalue weighted by molar-refractivity contribution is 5.79. The van der Waals surface area contributed by atoms with E-state index in [1.54, 1.807) is 6.07 Å². The molecule has 2 aromatic rings. The van der Waals surface area contributed by atoms with Crippen LogP contribution in [-0.4, -0.2) is 26.4 Å². The van der Waals surface area contributed by atoms with Crippen molar-refractivity contribution in [3.05, 3.63) is 36.2 Å². The lowest BCUT2D eigenvalue weighted by molar-refractivity contribution is 0.112. The molecule has 0 saturated heterocycles. The van der Waals surface area contributed by atoms with Crippen molar-refractivity contribution in [2.24, 2.45) is 0 Å². The zero-order chi connectivity index (χ0) is 9.97. The van der Waals surface area contributed by atoms with Gasteiger partial charge in [-0.3, -0.25) is 4.79 Å². The van der Waals surface area contributed by atoms with Gasteiger partial charge in [-0.25, -0.2) is 0 Å². The van der Waals surface area contributed by atoms with Gasteiger partial charge < -0.3 is 5.11 Å². The first-order valence-electron chi connectivity index (χ1n) is 3.96. The molecule has 70 valence electrons. The fraction of sp³-hybridized carbons (Fsp3) is 0. The van der Waals surface area contributed by atoms with Gasteiger partial charge in [0.25, 0.3) is 0 Å². The van der Waals surface area contributed by atoms with Gasteiger partial charge in [-0.15, -0.1) is 0 Å². The van der Waals surface area contributed by atoms with Crippen molar-refractivity contribution in [2.45, 2.75) is 0 Å². The van der Waals surface area contributed by atoms with E-state index in [1.165, 1.54) is 29.3 Å². The van der Waals surface area contributed by atoms with Crippen LogP contribution >= 0.6 is 0 Å². The molecule has 0 radical (unpaired) electrons. The third-order valence-electron chi connectivity index (χ3n) is 1.79. The molecule has 0 amide bonds. The number of aromatic nitrogens is 3.